The van der Waals surface area contributed by atoms with Crippen molar-refractivity contribution in [3.63, 3.8) is 0 Å². The first-order valence-electron chi connectivity index (χ1n) is 18.3. The zero-order valence-corrected chi connectivity index (χ0v) is 32.9. The minimum absolute atomic E-state index is 0. The molecule has 5 aromatic rings. The molecule has 3 aliphatic rings. The number of hydrogen-bond acceptors (Lipinski definition) is 2. The Morgan fingerprint density at radius 3 is 2.32 bits per heavy atom. The van der Waals surface area contributed by atoms with E-state index in [1.165, 1.54) is 50.3 Å². The van der Waals surface area contributed by atoms with Crippen LogP contribution in [0.1, 0.15) is 54.0 Å². The monoisotopic (exact) mass is 801 g/mol. The lowest BCUT2D eigenvalue weighted by Gasteiger charge is -2.23. The zero-order chi connectivity index (χ0) is 35.6. The summed E-state index contributed by atoms with van der Waals surface area (Å²) in [4.78, 5) is 12.6. The fourth-order valence-electron chi connectivity index (χ4n) is 7.75. The third kappa shape index (κ3) is 7.08. The molecule has 0 N–H and O–H groups in total. The van der Waals surface area contributed by atoms with Gasteiger partial charge in [0.05, 0.1) is 11.4 Å². The van der Waals surface area contributed by atoms with E-state index in [-0.39, 0.29) is 35.8 Å². The lowest BCUT2D eigenvalue weighted by atomic mass is 9.87. The second-order valence-electron chi connectivity index (χ2n) is 13.8. The topological polar surface area (TPSA) is 28.0 Å². The molecule has 0 saturated heterocycles. The molecule has 0 radical (unpaired) electrons. The predicted octanol–water partition coefficient (Wildman–Crippen LogP) is 13.2. The molecule has 8 rings (SSSR count). The number of nitrogens with zero attached hydrogens (tertiary/aromatic N) is 3. The fourth-order valence-corrected chi connectivity index (χ4v) is 7.75. The number of allylic oxidation sites excluding steroid dienone is 7. The lowest BCUT2D eigenvalue weighted by Crippen LogP contribution is -2.13. The molecule has 4 heteroatoms. The van der Waals surface area contributed by atoms with Gasteiger partial charge in [-0.2, -0.15) is 0 Å². The van der Waals surface area contributed by atoms with Crippen LogP contribution in [0.4, 0.5) is 11.4 Å². The van der Waals surface area contributed by atoms with E-state index in [4.69, 9.17) is 9.98 Å². The number of amidine groups is 1. The summed E-state index contributed by atoms with van der Waals surface area (Å²) in [5.74, 6) is 1.15. The van der Waals surface area contributed by atoms with E-state index in [1.807, 2.05) is 30.3 Å². The summed E-state index contributed by atoms with van der Waals surface area (Å²) in [6, 6.07) is 41.4. The third-order valence-corrected chi connectivity index (χ3v) is 10.5. The molecule has 0 aromatic heterocycles. The zero-order valence-electron chi connectivity index (χ0n) is 30.5. The Balaban J connectivity index is 0.00000435. The molecule has 0 amide bonds. The van der Waals surface area contributed by atoms with Crippen LogP contribution in [0.2, 0.25) is 0 Å². The number of halogens is 1. The molecule has 2 aliphatic carbocycles. The van der Waals surface area contributed by atoms with Gasteiger partial charge in [0.25, 0.3) is 0 Å². The highest BCUT2D eigenvalue weighted by molar-refractivity contribution is 14.0. The number of hydrogen-bond donors (Lipinski definition) is 0. The fraction of sp³-hybridized carbons (Fsp3) is 0.143. The van der Waals surface area contributed by atoms with Crippen LogP contribution in [-0.4, -0.2) is 11.5 Å². The van der Waals surface area contributed by atoms with Crippen molar-refractivity contribution in [1.82, 2.24) is 0 Å². The van der Waals surface area contributed by atoms with Crippen LogP contribution in [0.5, 0.6) is 0 Å². The molecule has 1 heterocycles. The maximum Gasteiger partial charge on any atom is 0.159 e. The average molecular weight is 802 g/mol. The van der Waals surface area contributed by atoms with Crippen molar-refractivity contribution in [3.8, 4) is 22.3 Å². The van der Waals surface area contributed by atoms with E-state index in [2.05, 4.69) is 160 Å². The molecular formula is C49H44IN3. The van der Waals surface area contributed by atoms with Gasteiger partial charge in [0.2, 0.25) is 0 Å². The maximum atomic E-state index is 5.14. The normalized spacial score (nSPS) is 17.3. The van der Waals surface area contributed by atoms with Gasteiger partial charge >= 0.3 is 0 Å². The second-order valence-corrected chi connectivity index (χ2v) is 13.8. The quantitative estimate of drug-likeness (QED) is 0.0873. The minimum Gasteiger partial charge on any atom is -0.313 e. The number of aryl methyl sites for hydroxylation is 2. The summed E-state index contributed by atoms with van der Waals surface area (Å²) in [7, 11) is 0. The largest absolute Gasteiger partial charge is 0.313 e. The van der Waals surface area contributed by atoms with Gasteiger partial charge in [-0.3, -0.25) is 0 Å². The molecule has 2 unspecified atom stereocenters. The lowest BCUT2D eigenvalue weighted by molar-refractivity contribution is 0.865. The molecule has 0 fully saturated rings. The smallest absolute Gasteiger partial charge is 0.159 e. The Hall–Kier alpha value is -5.33. The van der Waals surface area contributed by atoms with E-state index in [0.717, 1.165) is 35.4 Å². The summed E-state index contributed by atoms with van der Waals surface area (Å²) in [6.07, 6.45) is 17.3. The number of rotatable bonds is 8. The number of anilines is 2. The summed E-state index contributed by atoms with van der Waals surface area (Å²) < 4.78 is 0. The van der Waals surface area contributed by atoms with Gasteiger partial charge < -0.3 is 4.90 Å². The van der Waals surface area contributed by atoms with Crippen molar-refractivity contribution in [3.05, 3.63) is 198 Å². The first-order valence-corrected chi connectivity index (χ1v) is 18.3. The molecule has 0 saturated carbocycles. The van der Waals surface area contributed by atoms with Gasteiger partial charge in [-0.1, -0.05) is 135 Å². The van der Waals surface area contributed by atoms with E-state index in [9.17, 15) is 0 Å². The molecular weight excluding hydrogens is 757 g/mol. The molecule has 2 atom stereocenters. The van der Waals surface area contributed by atoms with Crippen molar-refractivity contribution >= 4 is 52.6 Å². The van der Waals surface area contributed by atoms with E-state index in [1.54, 1.807) is 0 Å². The first kappa shape index (κ1) is 36.0. The Morgan fingerprint density at radius 1 is 0.774 bits per heavy atom. The molecule has 1 aliphatic heterocycles. The maximum absolute atomic E-state index is 5.14. The van der Waals surface area contributed by atoms with Gasteiger partial charge in [-0.05, 0) is 108 Å². The SMILES string of the molecule is C=C(N=C(N=C(C)C1C=CC=CC1)c1ccc(N2C3=CC=CC3c3ccc(-c4cccc(C)c4-c4ccccc4CC)cc32)cc1)c1ccccc1.I. The predicted molar refractivity (Wildman–Crippen MR) is 237 cm³/mol. The van der Waals surface area contributed by atoms with Crippen molar-refractivity contribution in [2.75, 3.05) is 4.90 Å². The van der Waals surface area contributed by atoms with Gasteiger partial charge in [0, 0.05) is 34.5 Å². The summed E-state index contributed by atoms with van der Waals surface area (Å²) >= 11 is 0. The highest BCUT2D eigenvalue weighted by Gasteiger charge is 2.35. The summed E-state index contributed by atoms with van der Waals surface area (Å²) in [5.41, 5.74) is 16.4. The molecule has 262 valence electrons. The number of benzene rings is 5. The first-order chi connectivity index (χ1) is 25.5. The van der Waals surface area contributed by atoms with Gasteiger partial charge in [-0.15, -0.1) is 24.0 Å². The molecule has 0 spiro atoms. The standard InChI is InChI=1S/C49H43N3.HI/c1-5-36-17-12-13-22-42(36)48-33(2)16-14-23-43(48)40-28-31-45-44-24-15-25-46(44)52(47(45)32-40)41-29-26-39(27-30-41)49(50-34(3)37-18-8-6-9-19-37)51-35(4)38-20-10-7-11-21-38;/h6-20,22-32,38,44H,3,5,21H2,1-2,4H3;1H. The van der Waals surface area contributed by atoms with Crippen LogP contribution >= 0.6 is 24.0 Å². The second kappa shape index (κ2) is 15.7. The third-order valence-electron chi connectivity index (χ3n) is 10.5. The van der Waals surface area contributed by atoms with Crippen LogP contribution < -0.4 is 4.90 Å². The van der Waals surface area contributed by atoms with E-state index < -0.39 is 0 Å². The van der Waals surface area contributed by atoms with Crippen molar-refractivity contribution in [2.24, 2.45) is 15.9 Å². The molecule has 53 heavy (non-hydrogen) atoms. The Morgan fingerprint density at radius 2 is 1.55 bits per heavy atom. The van der Waals surface area contributed by atoms with Crippen molar-refractivity contribution in [2.45, 2.75) is 39.5 Å². The van der Waals surface area contributed by atoms with E-state index in [0.29, 0.717) is 11.5 Å². The molecule has 3 nitrogen and oxygen atoms in total. The van der Waals surface area contributed by atoms with Crippen molar-refractivity contribution < 1.29 is 0 Å². The van der Waals surface area contributed by atoms with Crippen LogP contribution in [0.15, 0.2) is 180 Å². The minimum atomic E-state index is 0. The Labute approximate surface area is 331 Å². The number of fused-ring (bicyclic) bond motifs is 3. The number of aliphatic imine (C=N–C) groups is 2. The highest BCUT2D eigenvalue weighted by Crippen LogP contribution is 2.52. The van der Waals surface area contributed by atoms with Crippen LogP contribution in [0.25, 0.3) is 28.0 Å². The van der Waals surface area contributed by atoms with Gasteiger partial charge in [0.15, 0.2) is 5.84 Å². The van der Waals surface area contributed by atoms with Crippen LogP contribution in [0.3, 0.4) is 0 Å². The van der Waals surface area contributed by atoms with Gasteiger partial charge in [0.1, 0.15) is 0 Å². The van der Waals surface area contributed by atoms with Crippen molar-refractivity contribution in [1.29, 1.82) is 0 Å². The van der Waals surface area contributed by atoms with Crippen LogP contribution in [0, 0.1) is 12.8 Å². The van der Waals surface area contributed by atoms with Crippen LogP contribution in [-0.2, 0) is 6.42 Å². The average Bonchev–Trinajstić information content (AvgIpc) is 3.79. The van der Waals surface area contributed by atoms with Gasteiger partial charge in [-0.25, -0.2) is 9.98 Å². The molecule has 0 bridgehead atoms. The Kier molecular flexibility index (Phi) is 10.7. The summed E-state index contributed by atoms with van der Waals surface area (Å²) in [6.45, 7) is 10.9. The van der Waals surface area contributed by atoms with E-state index >= 15 is 0 Å². The molecule has 5 aromatic carbocycles. The Bertz CT molecular complexity index is 2360. The summed E-state index contributed by atoms with van der Waals surface area (Å²) in [5, 5.41) is 0. The highest BCUT2D eigenvalue weighted by atomic mass is 127.